The molecule has 0 aromatic heterocycles. The minimum atomic E-state index is -0.619. The van der Waals surface area contributed by atoms with E-state index in [9.17, 15) is 20.0 Å². The Morgan fingerprint density at radius 1 is 1.33 bits per heavy atom. The van der Waals surface area contributed by atoms with E-state index in [1.165, 1.54) is 6.07 Å². The van der Waals surface area contributed by atoms with Gasteiger partial charge in [0.25, 0.3) is 11.6 Å². The van der Waals surface area contributed by atoms with E-state index < -0.39 is 10.8 Å². The average molecular weight is 350 g/mol. The third-order valence-corrected chi connectivity index (χ3v) is 3.04. The summed E-state index contributed by atoms with van der Waals surface area (Å²) in [5, 5.41) is 24.4. The Kier molecular flexibility index (Phi) is 5.69. The first-order chi connectivity index (χ1) is 11.5. The number of phenols is 1. The number of nitrogens with zero attached hydrogens (tertiary/aromatic N) is 2. The Labute approximate surface area is 141 Å². The number of benzene rings is 2. The number of rotatable bonds is 6. The molecule has 2 aromatic carbocycles. The predicted molar refractivity (Wildman–Crippen MR) is 87.4 cm³/mol. The Morgan fingerprint density at radius 3 is 2.71 bits per heavy atom. The molecule has 0 fully saturated rings. The second-order valence-electron chi connectivity index (χ2n) is 4.54. The molecule has 0 heterocycles. The lowest BCUT2D eigenvalue weighted by Crippen LogP contribution is -2.24. The number of amides is 1. The van der Waals surface area contributed by atoms with Crippen molar-refractivity contribution in [1.29, 1.82) is 0 Å². The fourth-order valence-electron chi connectivity index (χ4n) is 1.70. The molecule has 9 heteroatoms. The number of hydrogen-bond donors (Lipinski definition) is 2. The number of carbonyl (C=O) groups is 1. The zero-order valence-corrected chi connectivity index (χ0v) is 12.9. The lowest BCUT2D eigenvalue weighted by molar-refractivity contribution is -0.385. The smallest absolute Gasteiger partial charge is 0.278 e. The third-order valence-electron chi connectivity index (χ3n) is 2.78. The fraction of sp³-hybridized carbons (Fsp3) is 0.0667. The number of hydrazone groups is 1. The van der Waals surface area contributed by atoms with Gasteiger partial charge in [-0.3, -0.25) is 14.9 Å². The summed E-state index contributed by atoms with van der Waals surface area (Å²) >= 11 is 5.73. The Balaban J connectivity index is 1.91. The molecule has 0 spiro atoms. The summed E-state index contributed by atoms with van der Waals surface area (Å²) in [6, 6.07) is 9.94. The molecule has 2 aromatic rings. The van der Waals surface area contributed by atoms with Crippen LogP contribution in [0.5, 0.6) is 11.5 Å². The standard InChI is InChI=1S/C15H12ClN3O5/c16-11-1-4-13(5-2-11)24-9-15(21)18-17-8-10-7-12(20)3-6-14(10)19(22)23/h1-8,20H,9H2,(H,18,21)/b17-8+. The van der Waals surface area contributed by atoms with Gasteiger partial charge in [-0.25, -0.2) is 5.43 Å². The Morgan fingerprint density at radius 2 is 2.04 bits per heavy atom. The maximum Gasteiger partial charge on any atom is 0.278 e. The zero-order chi connectivity index (χ0) is 17.5. The molecule has 8 nitrogen and oxygen atoms in total. The lowest BCUT2D eigenvalue weighted by atomic mass is 10.2. The molecule has 0 atom stereocenters. The van der Waals surface area contributed by atoms with E-state index in [-0.39, 0.29) is 23.6 Å². The van der Waals surface area contributed by atoms with Crippen molar-refractivity contribution in [2.75, 3.05) is 6.61 Å². The zero-order valence-electron chi connectivity index (χ0n) is 12.2. The van der Waals surface area contributed by atoms with E-state index in [1.54, 1.807) is 24.3 Å². The molecule has 0 aliphatic heterocycles. The highest BCUT2D eigenvalue weighted by molar-refractivity contribution is 6.30. The molecule has 0 saturated heterocycles. The van der Waals surface area contributed by atoms with Crippen molar-refractivity contribution in [2.45, 2.75) is 0 Å². The van der Waals surface area contributed by atoms with Gasteiger partial charge < -0.3 is 9.84 Å². The van der Waals surface area contributed by atoms with Crippen LogP contribution in [0.2, 0.25) is 5.02 Å². The number of nitro groups is 1. The molecule has 124 valence electrons. The summed E-state index contributed by atoms with van der Waals surface area (Å²) in [6.45, 7) is -0.291. The van der Waals surface area contributed by atoms with Gasteiger partial charge in [-0.2, -0.15) is 5.10 Å². The highest BCUT2D eigenvalue weighted by Crippen LogP contribution is 2.21. The minimum Gasteiger partial charge on any atom is -0.508 e. The molecular weight excluding hydrogens is 338 g/mol. The van der Waals surface area contributed by atoms with Crippen molar-refractivity contribution in [3.05, 3.63) is 63.2 Å². The first-order valence-corrected chi connectivity index (χ1v) is 7.01. The van der Waals surface area contributed by atoms with Crippen LogP contribution in [0.25, 0.3) is 0 Å². The first kappa shape index (κ1) is 17.2. The van der Waals surface area contributed by atoms with Gasteiger partial charge in [0.1, 0.15) is 11.5 Å². The number of ether oxygens (including phenoxy) is 1. The van der Waals surface area contributed by atoms with Gasteiger partial charge in [0.2, 0.25) is 0 Å². The van der Waals surface area contributed by atoms with E-state index in [0.29, 0.717) is 10.8 Å². The quantitative estimate of drug-likeness (QED) is 0.472. The van der Waals surface area contributed by atoms with Crippen LogP contribution in [0.1, 0.15) is 5.56 Å². The Hall–Kier alpha value is -3.13. The summed E-state index contributed by atoms with van der Waals surface area (Å²) < 4.78 is 5.21. The molecular formula is C15H12ClN3O5. The van der Waals surface area contributed by atoms with Crippen LogP contribution in [0.15, 0.2) is 47.6 Å². The number of nitro benzene ring substituents is 1. The van der Waals surface area contributed by atoms with Gasteiger partial charge in [-0.05, 0) is 36.4 Å². The van der Waals surface area contributed by atoms with Gasteiger partial charge in [-0.1, -0.05) is 11.6 Å². The van der Waals surface area contributed by atoms with Crippen molar-refractivity contribution in [3.8, 4) is 11.5 Å². The van der Waals surface area contributed by atoms with Gasteiger partial charge in [0, 0.05) is 11.1 Å². The van der Waals surface area contributed by atoms with Gasteiger partial charge in [-0.15, -0.1) is 0 Å². The molecule has 0 bridgehead atoms. The minimum absolute atomic E-state index is 0.0546. The van der Waals surface area contributed by atoms with Crippen molar-refractivity contribution in [1.82, 2.24) is 5.43 Å². The van der Waals surface area contributed by atoms with Crippen LogP contribution < -0.4 is 10.2 Å². The number of phenolic OH excluding ortho intramolecular Hbond substituents is 1. The number of halogens is 1. The summed E-state index contributed by atoms with van der Waals surface area (Å²) in [4.78, 5) is 21.8. The van der Waals surface area contributed by atoms with Crippen LogP contribution in [0.4, 0.5) is 5.69 Å². The summed E-state index contributed by atoms with van der Waals surface area (Å²) in [6.07, 6.45) is 1.07. The predicted octanol–water partition coefficient (Wildman–Crippen LogP) is 2.48. The monoisotopic (exact) mass is 349 g/mol. The van der Waals surface area contributed by atoms with Gasteiger partial charge >= 0.3 is 0 Å². The third kappa shape index (κ3) is 4.96. The molecule has 1 amide bonds. The molecule has 0 saturated carbocycles. The van der Waals surface area contributed by atoms with Crippen molar-refractivity contribution >= 4 is 29.4 Å². The largest absolute Gasteiger partial charge is 0.508 e. The van der Waals surface area contributed by atoms with E-state index in [1.807, 2.05) is 0 Å². The second-order valence-corrected chi connectivity index (χ2v) is 4.97. The first-order valence-electron chi connectivity index (χ1n) is 6.63. The van der Waals surface area contributed by atoms with Crippen LogP contribution in [-0.2, 0) is 4.79 Å². The normalized spacial score (nSPS) is 10.5. The maximum atomic E-state index is 11.6. The molecule has 2 rings (SSSR count). The molecule has 2 N–H and O–H groups in total. The van der Waals surface area contributed by atoms with Crippen LogP contribution >= 0.6 is 11.6 Å². The number of carbonyl (C=O) groups excluding carboxylic acids is 1. The Bertz CT molecular complexity index is 777. The molecule has 0 unspecified atom stereocenters. The molecule has 0 aliphatic rings. The van der Waals surface area contributed by atoms with Crippen molar-refractivity contribution < 1.29 is 19.6 Å². The molecule has 0 radical (unpaired) electrons. The lowest BCUT2D eigenvalue weighted by Gasteiger charge is -2.04. The number of aromatic hydroxyl groups is 1. The van der Waals surface area contributed by atoms with Gasteiger partial charge in [0.15, 0.2) is 6.61 Å². The van der Waals surface area contributed by atoms with Crippen molar-refractivity contribution in [2.24, 2.45) is 5.10 Å². The second kappa shape index (κ2) is 7.93. The number of hydrogen-bond acceptors (Lipinski definition) is 6. The van der Waals surface area contributed by atoms with E-state index >= 15 is 0 Å². The van der Waals surface area contributed by atoms with Crippen LogP contribution in [-0.4, -0.2) is 28.8 Å². The van der Waals surface area contributed by atoms with Gasteiger partial charge in [0.05, 0.1) is 16.7 Å². The van der Waals surface area contributed by atoms with E-state index in [0.717, 1.165) is 18.3 Å². The average Bonchev–Trinajstić information content (AvgIpc) is 2.54. The highest BCUT2D eigenvalue weighted by atomic mass is 35.5. The molecule has 0 aliphatic carbocycles. The molecule has 24 heavy (non-hydrogen) atoms. The van der Waals surface area contributed by atoms with Crippen LogP contribution in [0.3, 0.4) is 0 Å². The summed E-state index contributed by atoms with van der Waals surface area (Å²) in [7, 11) is 0. The van der Waals surface area contributed by atoms with E-state index in [2.05, 4.69) is 10.5 Å². The fourth-order valence-corrected chi connectivity index (χ4v) is 1.82. The highest BCUT2D eigenvalue weighted by Gasteiger charge is 2.12. The van der Waals surface area contributed by atoms with Crippen molar-refractivity contribution in [3.63, 3.8) is 0 Å². The number of nitrogens with one attached hydrogen (secondary N) is 1. The summed E-state index contributed by atoms with van der Waals surface area (Å²) in [5.41, 5.74) is 1.98. The maximum absolute atomic E-state index is 11.6. The summed E-state index contributed by atoms with van der Waals surface area (Å²) in [5.74, 6) is -0.245. The topological polar surface area (TPSA) is 114 Å². The van der Waals surface area contributed by atoms with E-state index in [4.69, 9.17) is 16.3 Å². The SMILES string of the molecule is O=C(COc1ccc(Cl)cc1)N/N=C/c1cc(O)ccc1[N+](=O)[O-]. The van der Waals surface area contributed by atoms with Crippen LogP contribution in [0, 0.1) is 10.1 Å².